The Morgan fingerprint density at radius 1 is 1.38 bits per heavy atom. The van der Waals surface area contributed by atoms with Crippen molar-refractivity contribution < 1.29 is 17.9 Å². The second-order valence-corrected chi connectivity index (χ2v) is 7.51. The minimum absolute atomic E-state index is 0.0351. The highest BCUT2D eigenvalue weighted by Crippen LogP contribution is 2.27. The summed E-state index contributed by atoms with van der Waals surface area (Å²) in [6.45, 7) is 4.02. The van der Waals surface area contributed by atoms with Crippen LogP contribution in [0.15, 0.2) is 23.1 Å². The number of ether oxygens (including phenoxy) is 1. The molecule has 1 aromatic carbocycles. The molecule has 134 valence electrons. The van der Waals surface area contributed by atoms with E-state index in [0.29, 0.717) is 6.54 Å². The van der Waals surface area contributed by atoms with Gasteiger partial charge in [0.25, 0.3) is 5.91 Å². The van der Waals surface area contributed by atoms with Crippen LogP contribution in [0.5, 0.6) is 5.75 Å². The molecule has 0 radical (unpaired) electrons. The van der Waals surface area contributed by atoms with E-state index in [1.165, 1.54) is 18.2 Å². The summed E-state index contributed by atoms with van der Waals surface area (Å²) in [6.07, 6.45) is 0. The van der Waals surface area contributed by atoms with Gasteiger partial charge in [-0.15, -0.1) is 0 Å². The van der Waals surface area contributed by atoms with E-state index in [9.17, 15) is 13.2 Å². The van der Waals surface area contributed by atoms with Gasteiger partial charge in [-0.2, -0.15) is 0 Å². The Labute approximate surface area is 146 Å². The van der Waals surface area contributed by atoms with Crippen LogP contribution in [-0.2, 0) is 14.8 Å². The number of nitrogens with two attached hydrogens (primary N) is 1. The molecule has 0 aliphatic carbocycles. The zero-order chi connectivity index (χ0) is 17.6. The lowest BCUT2D eigenvalue weighted by Crippen LogP contribution is -2.46. The van der Waals surface area contributed by atoms with E-state index in [0.717, 1.165) is 26.2 Å². The van der Waals surface area contributed by atoms with E-state index < -0.39 is 22.5 Å². The predicted octanol–water partition coefficient (Wildman–Crippen LogP) is -0.612. The fourth-order valence-electron chi connectivity index (χ4n) is 2.31. The second kappa shape index (κ2) is 8.63. The van der Waals surface area contributed by atoms with Gasteiger partial charge in [-0.1, -0.05) is 11.6 Å². The first-order valence-electron chi connectivity index (χ1n) is 7.52. The van der Waals surface area contributed by atoms with Gasteiger partial charge in [0.05, 0.1) is 0 Å². The van der Waals surface area contributed by atoms with Crippen molar-refractivity contribution in [2.75, 3.05) is 45.9 Å². The van der Waals surface area contributed by atoms with Crippen LogP contribution < -0.4 is 20.5 Å². The molecule has 1 aliphatic heterocycles. The van der Waals surface area contributed by atoms with Crippen molar-refractivity contribution in [1.29, 1.82) is 0 Å². The van der Waals surface area contributed by atoms with Crippen LogP contribution in [0.3, 0.4) is 0 Å². The first kappa shape index (κ1) is 18.9. The Balaban J connectivity index is 2.03. The summed E-state index contributed by atoms with van der Waals surface area (Å²) in [5, 5.41) is 3.49. The number of benzene rings is 1. The van der Waals surface area contributed by atoms with Crippen LogP contribution >= 0.6 is 11.6 Å². The van der Waals surface area contributed by atoms with Gasteiger partial charge in [-0.05, 0) is 18.2 Å². The number of hydrogen-bond acceptors (Lipinski definition) is 6. The van der Waals surface area contributed by atoms with Crippen molar-refractivity contribution in [3.63, 3.8) is 0 Å². The van der Waals surface area contributed by atoms with Gasteiger partial charge >= 0.3 is 0 Å². The quantitative estimate of drug-likeness (QED) is 0.557. The Hall–Kier alpha value is -1.39. The number of piperazine rings is 1. The van der Waals surface area contributed by atoms with Crippen LogP contribution in [-0.4, -0.2) is 65.1 Å². The van der Waals surface area contributed by atoms with Crippen molar-refractivity contribution in [3.8, 4) is 5.75 Å². The van der Waals surface area contributed by atoms with Gasteiger partial charge in [0, 0.05) is 44.3 Å². The number of amides is 1. The molecule has 4 N–H and O–H groups in total. The van der Waals surface area contributed by atoms with E-state index >= 15 is 0 Å². The standard InChI is InChI=1S/C14H21ClN4O4S/c15-11-1-2-12(23-10-14(16)20)13(9-11)24(21,22)18-5-8-19-6-3-17-4-7-19/h1-2,9,17-18H,3-8,10H2,(H2,16,20). The number of sulfonamides is 1. The molecule has 1 fully saturated rings. The predicted molar refractivity (Wildman–Crippen MR) is 90.6 cm³/mol. The van der Waals surface area contributed by atoms with Gasteiger partial charge < -0.3 is 15.8 Å². The minimum atomic E-state index is -3.82. The number of nitrogens with zero attached hydrogens (tertiary/aromatic N) is 1. The summed E-state index contributed by atoms with van der Waals surface area (Å²) in [7, 11) is -3.82. The van der Waals surface area contributed by atoms with Crippen molar-refractivity contribution in [2.24, 2.45) is 5.73 Å². The van der Waals surface area contributed by atoms with E-state index in [-0.39, 0.29) is 22.2 Å². The molecule has 0 atom stereocenters. The number of carbonyl (C=O) groups is 1. The maximum Gasteiger partial charge on any atom is 0.255 e. The lowest BCUT2D eigenvalue weighted by molar-refractivity contribution is -0.120. The average Bonchev–Trinajstić information content (AvgIpc) is 2.54. The van der Waals surface area contributed by atoms with E-state index in [4.69, 9.17) is 22.1 Å². The lowest BCUT2D eigenvalue weighted by atomic mass is 10.3. The molecule has 1 heterocycles. The maximum atomic E-state index is 12.5. The zero-order valence-corrected chi connectivity index (χ0v) is 14.7. The first-order valence-corrected chi connectivity index (χ1v) is 9.38. The first-order chi connectivity index (χ1) is 11.4. The SMILES string of the molecule is NC(=O)COc1ccc(Cl)cc1S(=O)(=O)NCCN1CCNCC1. The average molecular weight is 377 g/mol. The number of rotatable bonds is 8. The summed E-state index contributed by atoms with van der Waals surface area (Å²) >= 11 is 5.89. The third-order valence-electron chi connectivity index (χ3n) is 3.49. The smallest absolute Gasteiger partial charge is 0.255 e. The number of carbonyl (C=O) groups excluding carboxylic acids is 1. The molecule has 0 spiro atoms. The van der Waals surface area contributed by atoms with E-state index in [2.05, 4.69) is 14.9 Å². The molecule has 0 bridgehead atoms. The van der Waals surface area contributed by atoms with Crippen molar-refractivity contribution >= 4 is 27.5 Å². The van der Waals surface area contributed by atoms with Gasteiger partial charge in [0.2, 0.25) is 10.0 Å². The number of halogens is 1. The second-order valence-electron chi connectivity index (χ2n) is 5.34. The minimum Gasteiger partial charge on any atom is -0.482 e. The zero-order valence-electron chi connectivity index (χ0n) is 13.1. The molecular weight excluding hydrogens is 356 g/mol. The molecule has 10 heteroatoms. The highest BCUT2D eigenvalue weighted by Gasteiger charge is 2.21. The van der Waals surface area contributed by atoms with Gasteiger partial charge in [0.1, 0.15) is 10.6 Å². The molecule has 1 amide bonds. The maximum absolute atomic E-state index is 12.5. The molecule has 1 aromatic rings. The van der Waals surface area contributed by atoms with Gasteiger partial charge in [-0.25, -0.2) is 13.1 Å². The van der Waals surface area contributed by atoms with Crippen molar-refractivity contribution in [3.05, 3.63) is 23.2 Å². The Bertz CT molecular complexity index is 677. The Morgan fingerprint density at radius 2 is 2.08 bits per heavy atom. The molecule has 1 saturated heterocycles. The molecule has 2 rings (SSSR count). The highest BCUT2D eigenvalue weighted by molar-refractivity contribution is 7.89. The fraction of sp³-hybridized carbons (Fsp3) is 0.500. The number of nitrogens with one attached hydrogen (secondary N) is 2. The summed E-state index contributed by atoms with van der Waals surface area (Å²) < 4.78 is 32.7. The van der Waals surface area contributed by atoms with Crippen LogP contribution in [0.25, 0.3) is 0 Å². The lowest BCUT2D eigenvalue weighted by Gasteiger charge is -2.27. The highest BCUT2D eigenvalue weighted by atomic mass is 35.5. The summed E-state index contributed by atoms with van der Waals surface area (Å²) in [4.78, 5) is 12.9. The van der Waals surface area contributed by atoms with E-state index in [1.807, 2.05) is 0 Å². The third-order valence-corrected chi connectivity index (χ3v) is 5.21. The Kier molecular flexibility index (Phi) is 6.81. The summed E-state index contributed by atoms with van der Waals surface area (Å²) in [5.41, 5.74) is 5.03. The topological polar surface area (TPSA) is 114 Å². The van der Waals surface area contributed by atoms with Crippen LogP contribution in [0.1, 0.15) is 0 Å². The molecule has 0 saturated carbocycles. The van der Waals surface area contributed by atoms with Gasteiger partial charge in [0.15, 0.2) is 6.61 Å². The van der Waals surface area contributed by atoms with Crippen LogP contribution in [0, 0.1) is 0 Å². The molecule has 8 nitrogen and oxygen atoms in total. The summed E-state index contributed by atoms with van der Waals surface area (Å²) in [6, 6.07) is 4.17. The monoisotopic (exact) mass is 376 g/mol. The van der Waals surface area contributed by atoms with Crippen LogP contribution in [0.4, 0.5) is 0 Å². The molecular formula is C14H21ClN4O4S. The van der Waals surface area contributed by atoms with E-state index in [1.54, 1.807) is 0 Å². The normalized spacial score (nSPS) is 16.0. The van der Waals surface area contributed by atoms with Gasteiger partial charge in [-0.3, -0.25) is 9.69 Å². The van der Waals surface area contributed by atoms with Crippen molar-refractivity contribution in [2.45, 2.75) is 4.90 Å². The molecule has 0 unspecified atom stereocenters. The molecule has 0 aromatic heterocycles. The third kappa shape index (κ3) is 5.60. The fourth-order valence-corrected chi connectivity index (χ4v) is 3.74. The number of primary amides is 1. The van der Waals surface area contributed by atoms with Crippen molar-refractivity contribution in [1.82, 2.24) is 14.9 Å². The van der Waals surface area contributed by atoms with Crippen LogP contribution in [0.2, 0.25) is 5.02 Å². The molecule has 24 heavy (non-hydrogen) atoms. The molecule has 1 aliphatic rings. The Morgan fingerprint density at radius 3 is 2.75 bits per heavy atom. The summed E-state index contributed by atoms with van der Waals surface area (Å²) in [5.74, 6) is -0.659. The largest absolute Gasteiger partial charge is 0.482 e. The number of hydrogen-bond donors (Lipinski definition) is 3.